The number of anilines is 1. The number of hydrogen-bond donors (Lipinski definition) is 2. The fourth-order valence-corrected chi connectivity index (χ4v) is 3.13. The van der Waals surface area contributed by atoms with Gasteiger partial charge in [-0.15, -0.1) is 0 Å². The zero-order chi connectivity index (χ0) is 18.4. The summed E-state index contributed by atoms with van der Waals surface area (Å²) in [6.07, 6.45) is 0.839. The van der Waals surface area contributed by atoms with E-state index in [0.29, 0.717) is 17.0 Å². The van der Waals surface area contributed by atoms with Crippen molar-refractivity contribution >= 4 is 21.6 Å². The molecule has 1 atom stereocenters. The Morgan fingerprint density at radius 1 is 1.08 bits per heavy atom. The fraction of sp³-hybridized carbons (Fsp3) is 0.278. The Balaban J connectivity index is 2.10. The summed E-state index contributed by atoms with van der Waals surface area (Å²) in [5.41, 5.74) is 0.864. The van der Waals surface area contributed by atoms with Crippen molar-refractivity contribution in [1.82, 2.24) is 5.32 Å². The van der Waals surface area contributed by atoms with E-state index in [1.165, 1.54) is 19.2 Å². The molecule has 1 unspecified atom stereocenters. The van der Waals surface area contributed by atoms with Crippen LogP contribution in [0.25, 0.3) is 0 Å². The lowest BCUT2D eigenvalue weighted by atomic mass is 10.1. The van der Waals surface area contributed by atoms with Crippen LogP contribution in [0.1, 0.15) is 30.6 Å². The van der Waals surface area contributed by atoms with Gasteiger partial charge in [-0.3, -0.25) is 9.52 Å². The summed E-state index contributed by atoms with van der Waals surface area (Å²) in [6.45, 7) is 3.91. The van der Waals surface area contributed by atoms with Gasteiger partial charge in [0.1, 0.15) is 5.75 Å². The summed E-state index contributed by atoms with van der Waals surface area (Å²) >= 11 is 0. The predicted octanol–water partition coefficient (Wildman–Crippen LogP) is 3.02. The number of sulfonamides is 1. The monoisotopic (exact) mass is 362 g/mol. The quantitative estimate of drug-likeness (QED) is 0.793. The number of ether oxygens (including phenoxy) is 1. The second-order valence-corrected chi connectivity index (χ2v) is 7.32. The Morgan fingerprint density at radius 2 is 1.68 bits per heavy atom. The van der Waals surface area contributed by atoms with Gasteiger partial charge < -0.3 is 10.1 Å². The summed E-state index contributed by atoms with van der Waals surface area (Å²) in [7, 11) is -2.19. The van der Waals surface area contributed by atoms with E-state index in [9.17, 15) is 13.2 Å². The molecule has 0 bridgehead atoms. The van der Waals surface area contributed by atoms with Crippen LogP contribution in [0, 0.1) is 0 Å². The largest absolute Gasteiger partial charge is 0.497 e. The lowest BCUT2D eigenvalue weighted by Gasteiger charge is -2.12. The molecule has 2 aromatic rings. The first-order chi connectivity index (χ1) is 11.9. The number of rotatable bonds is 7. The summed E-state index contributed by atoms with van der Waals surface area (Å²) in [4.78, 5) is 12.2. The van der Waals surface area contributed by atoms with E-state index in [2.05, 4.69) is 10.0 Å². The maximum absolute atomic E-state index is 12.4. The van der Waals surface area contributed by atoms with Gasteiger partial charge in [-0.1, -0.05) is 6.92 Å². The molecule has 0 radical (unpaired) electrons. The van der Waals surface area contributed by atoms with Gasteiger partial charge >= 0.3 is 0 Å². The molecular formula is C18H22N2O4S. The zero-order valence-electron chi connectivity index (χ0n) is 14.4. The molecule has 2 N–H and O–H groups in total. The average Bonchev–Trinajstić information content (AvgIpc) is 2.61. The molecule has 1 amide bonds. The van der Waals surface area contributed by atoms with Crippen molar-refractivity contribution in [3.05, 3.63) is 54.1 Å². The molecule has 0 aliphatic carbocycles. The second-order valence-electron chi connectivity index (χ2n) is 5.64. The van der Waals surface area contributed by atoms with Crippen LogP contribution in [0.15, 0.2) is 53.4 Å². The number of carbonyl (C=O) groups is 1. The van der Waals surface area contributed by atoms with Crippen molar-refractivity contribution in [3.8, 4) is 5.75 Å². The molecule has 0 aliphatic heterocycles. The van der Waals surface area contributed by atoms with E-state index in [1.54, 1.807) is 36.4 Å². The molecule has 2 aromatic carbocycles. The minimum absolute atomic E-state index is 0.0840. The molecular weight excluding hydrogens is 340 g/mol. The summed E-state index contributed by atoms with van der Waals surface area (Å²) in [6, 6.07) is 12.5. The van der Waals surface area contributed by atoms with Crippen LogP contribution in [-0.2, 0) is 10.0 Å². The minimum atomic E-state index is -3.70. The van der Waals surface area contributed by atoms with Gasteiger partial charge in [-0.05, 0) is 61.9 Å². The third-order valence-electron chi connectivity index (χ3n) is 3.76. The van der Waals surface area contributed by atoms with Crippen LogP contribution < -0.4 is 14.8 Å². The highest BCUT2D eigenvalue weighted by Crippen LogP contribution is 2.19. The smallest absolute Gasteiger partial charge is 0.261 e. The highest BCUT2D eigenvalue weighted by atomic mass is 32.2. The van der Waals surface area contributed by atoms with Crippen LogP contribution in [0.5, 0.6) is 5.75 Å². The predicted molar refractivity (Wildman–Crippen MR) is 97.5 cm³/mol. The van der Waals surface area contributed by atoms with Crippen LogP contribution in [0.3, 0.4) is 0 Å². The van der Waals surface area contributed by atoms with Crippen LogP contribution in [-0.4, -0.2) is 27.5 Å². The van der Waals surface area contributed by atoms with Crippen molar-refractivity contribution in [2.75, 3.05) is 11.8 Å². The van der Waals surface area contributed by atoms with E-state index < -0.39 is 10.0 Å². The Kier molecular flexibility index (Phi) is 6.03. The van der Waals surface area contributed by atoms with Gasteiger partial charge in [-0.25, -0.2) is 8.42 Å². The van der Waals surface area contributed by atoms with E-state index in [-0.39, 0.29) is 16.8 Å². The molecule has 7 heteroatoms. The topological polar surface area (TPSA) is 84.5 Å². The number of carbonyl (C=O) groups excluding carboxylic acids is 1. The normalized spacial score (nSPS) is 12.3. The Morgan fingerprint density at radius 3 is 2.20 bits per heavy atom. The number of methoxy groups -OCH3 is 1. The highest BCUT2D eigenvalue weighted by molar-refractivity contribution is 7.92. The fourth-order valence-electron chi connectivity index (χ4n) is 2.07. The van der Waals surface area contributed by atoms with E-state index in [4.69, 9.17) is 4.74 Å². The molecule has 0 fully saturated rings. The van der Waals surface area contributed by atoms with E-state index >= 15 is 0 Å². The Hall–Kier alpha value is -2.54. The van der Waals surface area contributed by atoms with Crippen LogP contribution in [0.2, 0.25) is 0 Å². The SMILES string of the molecule is CCC(C)NC(=O)c1ccc(NS(=O)(=O)c2ccc(OC)cc2)cc1. The van der Waals surface area contributed by atoms with Crippen molar-refractivity contribution in [1.29, 1.82) is 0 Å². The average molecular weight is 362 g/mol. The molecule has 0 spiro atoms. The highest BCUT2D eigenvalue weighted by Gasteiger charge is 2.15. The van der Waals surface area contributed by atoms with E-state index in [0.717, 1.165) is 6.42 Å². The maximum Gasteiger partial charge on any atom is 0.261 e. The molecule has 0 aromatic heterocycles. The van der Waals surface area contributed by atoms with Crippen molar-refractivity contribution in [2.24, 2.45) is 0 Å². The maximum atomic E-state index is 12.4. The first-order valence-electron chi connectivity index (χ1n) is 7.93. The lowest BCUT2D eigenvalue weighted by molar-refractivity contribution is 0.0939. The van der Waals surface area contributed by atoms with Crippen LogP contribution in [0.4, 0.5) is 5.69 Å². The van der Waals surface area contributed by atoms with E-state index in [1.807, 2.05) is 13.8 Å². The van der Waals surface area contributed by atoms with Gasteiger partial charge in [0.15, 0.2) is 0 Å². The summed E-state index contributed by atoms with van der Waals surface area (Å²) < 4.78 is 32.3. The van der Waals surface area contributed by atoms with Gasteiger partial charge in [0, 0.05) is 17.3 Å². The number of hydrogen-bond acceptors (Lipinski definition) is 4. The minimum Gasteiger partial charge on any atom is -0.497 e. The molecule has 0 saturated heterocycles. The first-order valence-corrected chi connectivity index (χ1v) is 9.42. The van der Waals surface area contributed by atoms with Gasteiger partial charge in [0.25, 0.3) is 15.9 Å². The second kappa shape index (κ2) is 8.02. The van der Waals surface area contributed by atoms with Gasteiger partial charge in [0.2, 0.25) is 0 Å². The molecule has 6 nitrogen and oxygen atoms in total. The molecule has 0 saturated carbocycles. The first kappa shape index (κ1) is 18.8. The summed E-state index contributed by atoms with van der Waals surface area (Å²) in [5.74, 6) is 0.398. The number of benzene rings is 2. The van der Waals surface area contributed by atoms with Crippen molar-refractivity contribution in [2.45, 2.75) is 31.2 Å². The van der Waals surface area contributed by atoms with Gasteiger partial charge in [0.05, 0.1) is 12.0 Å². The molecule has 134 valence electrons. The van der Waals surface area contributed by atoms with Crippen LogP contribution >= 0.6 is 0 Å². The number of amides is 1. The Bertz CT molecular complexity index is 815. The standard InChI is InChI=1S/C18H22N2O4S/c1-4-13(2)19-18(21)14-5-7-15(8-6-14)20-25(22,23)17-11-9-16(24-3)10-12-17/h5-13,20H,4H2,1-3H3,(H,19,21). The number of nitrogens with one attached hydrogen (secondary N) is 2. The van der Waals surface area contributed by atoms with Gasteiger partial charge in [-0.2, -0.15) is 0 Å². The molecule has 0 aliphatic rings. The summed E-state index contributed by atoms with van der Waals surface area (Å²) in [5, 5.41) is 2.86. The molecule has 2 rings (SSSR count). The molecule has 25 heavy (non-hydrogen) atoms. The zero-order valence-corrected chi connectivity index (χ0v) is 15.3. The Labute approximate surface area is 148 Å². The van der Waals surface area contributed by atoms with Crippen molar-refractivity contribution < 1.29 is 17.9 Å². The third-order valence-corrected chi connectivity index (χ3v) is 5.16. The third kappa shape index (κ3) is 4.96. The molecule has 0 heterocycles. The lowest BCUT2D eigenvalue weighted by Crippen LogP contribution is -2.31. The van der Waals surface area contributed by atoms with Crippen molar-refractivity contribution in [3.63, 3.8) is 0 Å².